The van der Waals surface area contributed by atoms with Gasteiger partial charge in [0.2, 0.25) is 0 Å². The molecule has 0 aliphatic rings. The van der Waals surface area contributed by atoms with E-state index in [1.807, 2.05) is 54.6 Å². The number of nitrogens with one attached hydrogen (secondary N) is 1. The molecule has 0 saturated heterocycles. The summed E-state index contributed by atoms with van der Waals surface area (Å²) in [6, 6.07) is 21.4. The minimum atomic E-state index is 0.282. The first-order valence-corrected chi connectivity index (χ1v) is 5.87. The average molecular weight is 235 g/mol. The number of aromatic hydroxyl groups is 1. The van der Waals surface area contributed by atoms with Gasteiger partial charge in [0, 0.05) is 16.8 Å². The van der Waals surface area contributed by atoms with E-state index in [9.17, 15) is 5.11 Å². The third kappa shape index (κ3) is 2.00. The predicted octanol–water partition coefficient (Wildman–Crippen LogP) is 4.29. The fourth-order valence-electron chi connectivity index (χ4n) is 2.05. The van der Waals surface area contributed by atoms with E-state index in [-0.39, 0.29) is 5.75 Å². The maximum absolute atomic E-state index is 9.59. The van der Waals surface area contributed by atoms with Gasteiger partial charge in [0.15, 0.2) is 0 Å². The molecule has 3 rings (SSSR count). The molecule has 2 N–H and O–H groups in total. The Morgan fingerprint density at radius 3 is 2.44 bits per heavy atom. The molecule has 2 nitrogen and oxygen atoms in total. The van der Waals surface area contributed by atoms with Crippen molar-refractivity contribution in [1.29, 1.82) is 0 Å². The molecule has 3 aromatic rings. The van der Waals surface area contributed by atoms with Gasteiger partial charge in [-0.25, -0.2) is 0 Å². The Balaban J connectivity index is 2.09. The van der Waals surface area contributed by atoms with Crippen LogP contribution in [0.4, 0.5) is 11.4 Å². The Labute approximate surface area is 106 Å². The highest BCUT2D eigenvalue weighted by Gasteiger charge is 2.02. The number of hydrogen-bond donors (Lipinski definition) is 2. The van der Waals surface area contributed by atoms with Crippen LogP contribution in [-0.2, 0) is 0 Å². The Kier molecular flexibility index (Phi) is 2.61. The normalized spacial score (nSPS) is 10.4. The van der Waals surface area contributed by atoms with Crippen molar-refractivity contribution < 1.29 is 5.11 Å². The van der Waals surface area contributed by atoms with Crippen molar-refractivity contribution in [1.82, 2.24) is 0 Å². The van der Waals surface area contributed by atoms with Gasteiger partial charge >= 0.3 is 0 Å². The van der Waals surface area contributed by atoms with Crippen LogP contribution in [-0.4, -0.2) is 5.11 Å². The van der Waals surface area contributed by atoms with Crippen LogP contribution in [0.5, 0.6) is 5.75 Å². The molecule has 18 heavy (non-hydrogen) atoms. The van der Waals surface area contributed by atoms with Gasteiger partial charge in [0.05, 0.1) is 0 Å². The summed E-state index contributed by atoms with van der Waals surface area (Å²) in [4.78, 5) is 0. The minimum Gasteiger partial charge on any atom is -0.508 e. The molecule has 2 heteroatoms. The zero-order valence-corrected chi connectivity index (χ0v) is 9.80. The Hall–Kier alpha value is -2.48. The smallest absolute Gasteiger partial charge is 0.116 e. The van der Waals surface area contributed by atoms with E-state index in [1.54, 1.807) is 12.1 Å². The molecule has 0 unspecified atom stereocenters. The van der Waals surface area contributed by atoms with Gasteiger partial charge in [-0.15, -0.1) is 0 Å². The third-order valence-electron chi connectivity index (χ3n) is 2.92. The Morgan fingerprint density at radius 2 is 1.61 bits per heavy atom. The van der Waals surface area contributed by atoms with Crippen molar-refractivity contribution >= 4 is 22.1 Å². The Morgan fingerprint density at radius 1 is 0.778 bits per heavy atom. The molecule has 0 bridgehead atoms. The summed E-state index contributed by atoms with van der Waals surface area (Å²) in [7, 11) is 0. The fourth-order valence-corrected chi connectivity index (χ4v) is 2.05. The lowest BCUT2D eigenvalue weighted by atomic mass is 10.1. The Bertz CT molecular complexity index is 677. The van der Waals surface area contributed by atoms with Crippen molar-refractivity contribution in [2.75, 3.05) is 5.32 Å². The topological polar surface area (TPSA) is 32.3 Å². The molecule has 0 amide bonds. The number of phenols is 1. The first-order valence-electron chi connectivity index (χ1n) is 5.87. The second kappa shape index (κ2) is 4.41. The lowest BCUT2D eigenvalue weighted by Gasteiger charge is -2.10. The van der Waals surface area contributed by atoms with E-state index in [0.29, 0.717) is 0 Å². The van der Waals surface area contributed by atoms with E-state index in [2.05, 4.69) is 5.32 Å². The zero-order valence-electron chi connectivity index (χ0n) is 9.80. The molecule has 0 spiro atoms. The molecule has 88 valence electrons. The van der Waals surface area contributed by atoms with Gasteiger partial charge < -0.3 is 10.4 Å². The highest BCUT2D eigenvalue weighted by molar-refractivity contribution is 5.96. The van der Waals surface area contributed by atoms with Crippen molar-refractivity contribution in [2.24, 2.45) is 0 Å². The van der Waals surface area contributed by atoms with Crippen LogP contribution in [0.3, 0.4) is 0 Å². The lowest BCUT2D eigenvalue weighted by molar-refractivity contribution is 0.476. The summed E-state index contributed by atoms with van der Waals surface area (Å²) in [5.74, 6) is 0.282. The lowest BCUT2D eigenvalue weighted by Crippen LogP contribution is -1.90. The molecule has 0 aliphatic carbocycles. The number of hydrogen-bond acceptors (Lipinski definition) is 2. The van der Waals surface area contributed by atoms with Crippen LogP contribution in [0.15, 0.2) is 66.7 Å². The summed E-state index contributed by atoms with van der Waals surface area (Å²) in [6.07, 6.45) is 0. The van der Waals surface area contributed by atoms with Gasteiger partial charge in [-0.2, -0.15) is 0 Å². The second-order valence-electron chi connectivity index (χ2n) is 4.20. The van der Waals surface area contributed by atoms with Crippen LogP contribution in [0.25, 0.3) is 10.8 Å². The highest BCUT2D eigenvalue weighted by Crippen LogP contribution is 2.29. The maximum Gasteiger partial charge on any atom is 0.116 e. The molecule has 3 aromatic carbocycles. The predicted molar refractivity (Wildman–Crippen MR) is 75.3 cm³/mol. The molecule has 0 atom stereocenters. The van der Waals surface area contributed by atoms with Crippen LogP contribution < -0.4 is 5.32 Å². The summed E-state index contributed by atoms with van der Waals surface area (Å²) in [5.41, 5.74) is 2.03. The monoisotopic (exact) mass is 235 g/mol. The molecule has 0 heterocycles. The van der Waals surface area contributed by atoms with E-state index >= 15 is 0 Å². The van der Waals surface area contributed by atoms with Crippen molar-refractivity contribution in [3.63, 3.8) is 0 Å². The molecule has 0 aromatic heterocycles. The SMILES string of the molecule is Oc1ccc2cccc(Nc3ccccc3)c2c1. The van der Waals surface area contributed by atoms with Crippen LogP contribution in [0, 0.1) is 0 Å². The van der Waals surface area contributed by atoms with Gasteiger partial charge in [-0.05, 0) is 35.7 Å². The van der Waals surface area contributed by atoms with Crippen molar-refractivity contribution in [2.45, 2.75) is 0 Å². The zero-order chi connectivity index (χ0) is 12.4. The molecular weight excluding hydrogens is 222 g/mol. The van der Waals surface area contributed by atoms with Crippen LogP contribution in [0.2, 0.25) is 0 Å². The van der Waals surface area contributed by atoms with Gasteiger partial charge in [0.1, 0.15) is 5.75 Å². The third-order valence-corrected chi connectivity index (χ3v) is 2.92. The van der Waals surface area contributed by atoms with Crippen LogP contribution in [0.1, 0.15) is 0 Å². The standard InChI is InChI=1S/C16H13NO/c18-14-10-9-12-5-4-8-16(15(12)11-14)17-13-6-2-1-3-7-13/h1-11,17-18H. The molecule has 0 saturated carbocycles. The van der Waals surface area contributed by atoms with E-state index in [1.165, 1.54) is 0 Å². The largest absolute Gasteiger partial charge is 0.508 e. The van der Waals surface area contributed by atoms with E-state index < -0.39 is 0 Å². The minimum absolute atomic E-state index is 0.282. The molecule has 0 radical (unpaired) electrons. The number of phenolic OH excluding ortho intramolecular Hbond substituents is 1. The van der Waals surface area contributed by atoms with Gasteiger partial charge in [-0.3, -0.25) is 0 Å². The fraction of sp³-hybridized carbons (Fsp3) is 0. The second-order valence-corrected chi connectivity index (χ2v) is 4.20. The molecule has 0 fully saturated rings. The quantitative estimate of drug-likeness (QED) is 0.694. The molecular formula is C16H13NO. The first-order chi connectivity index (χ1) is 8.83. The average Bonchev–Trinajstić information content (AvgIpc) is 2.41. The summed E-state index contributed by atoms with van der Waals surface area (Å²) in [5, 5.41) is 15.1. The van der Waals surface area contributed by atoms with Crippen molar-refractivity contribution in [3.05, 3.63) is 66.7 Å². The molecule has 0 aliphatic heterocycles. The number of para-hydroxylation sites is 1. The maximum atomic E-state index is 9.59. The van der Waals surface area contributed by atoms with Gasteiger partial charge in [-0.1, -0.05) is 36.4 Å². The highest BCUT2D eigenvalue weighted by atomic mass is 16.3. The summed E-state index contributed by atoms with van der Waals surface area (Å²) >= 11 is 0. The van der Waals surface area contributed by atoms with Crippen LogP contribution >= 0.6 is 0 Å². The number of benzene rings is 3. The number of rotatable bonds is 2. The van der Waals surface area contributed by atoms with Crippen molar-refractivity contribution in [3.8, 4) is 5.75 Å². The summed E-state index contributed by atoms with van der Waals surface area (Å²) < 4.78 is 0. The van der Waals surface area contributed by atoms with Gasteiger partial charge in [0.25, 0.3) is 0 Å². The van der Waals surface area contributed by atoms with E-state index in [4.69, 9.17) is 0 Å². The van der Waals surface area contributed by atoms with E-state index in [0.717, 1.165) is 22.1 Å². The number of anilines is 2. The first kappa shape index (κ1) is 10.7. The summed E-state index contributed by atoms with van der Waals surface area (Å²) in [6.45, 7) is 0. The number of fused-ring (bicyclic) bond motifs is 1.